The Morgan fingerprint density at radius 3 is 1.79 bits per heavy atom. The Labute approximate surface area is 280 Å². The maximum atomic E-state index is 6.64. The lowest BCUT2D eigenvalue weighted by Crippen LogP contribution is -2.16. The van der Waals surface area contributed by atoms with Gasteiger partial charge in [0, 0.05) is 22.8 Å². The van der Waals surface area contributed by atoms with E-state index in [1.807, 2.05) is 18.3 Å². The Morgan fingerprint density at radius 1 is 0.396 bits per heavy atom. The summed E-state index contributed by atoms with van der Waals surface area (Å²) in [5, 5.41) is 2.33. The molecule has 0 saturated heterocycles. The van der Waals surface area contributed by atoms with Crippen LogP contribution in [0.2, 0.25) is 0 Å². The lowest BCUT2D eigenvalue weighted by molar-refractivity contribution is 0.477. The summed E-state index contributed by atoms with van der Waals surface area (Å²) in [5.74, 6) is 1.63. The van der Waals surface area contributed by atoms with E-state index in [-0.39, 0.29) is 0 Å². The maximum Gasteiger partial charge on any atom is 0.152 e. The minimum Gasteiger partial charge on any atom is -0.453 e. The van der Waals surface area contributed by atoms with Crippen molar-refractivity contribution in [3.8, 4) is 56.1 Å². The zero-order valence-corrected chi connectivity index (χ0v) is 26.1. The number of benzene rings is 7. The van der Waals surface area contributed by atoms with Gasteiger partial charge in [0.1, 0.15) is 0 Å². The van der Waals surface area contributed by atoms with Crippen LogP contribution in [0.15, 0.2) is 182 Å². The van der Waals surface area contributed by atoms with E-state index in [0.29, 0.717) is 0 Å². The van der Waals surface area contributed by atoms with Gasteiger partial charge in [-0.3, -0.25) is 4.98 Å². The van der Waals surface area contributed by atoms with Crippen LogP contribution in [0, 0.1) is 0 Å². The zero-order valence-electron chi connectivity index (χ0n) is 26.1. The Morgan fingerprint density at radius 2 is 1.00 bits per heavy atom. The normalized spacial score (nSPS) is 11.9. The van der Waals surface area contributed by atoms with Crippen LogP contribution < -0.4 is 9.64 Å². The van der Waals surface area contributed by atoms with Gasteiger partial charge in [0.25, 0.3) is 0 Å². The molecule has 0 aliphatic carbocycles. The smallest absolute Gasteiger partial charge is 0.152 e. The molecule has 0 fully saturated rings. The molecule has 226 valence electrons. The van der Waals surface area contributed by atoms with Crippen molar-refractivity contribution in [2.45, 2.75) is 0 Å². The summed E-state index contributed by atoms with van der Waals surface area (Å²) in [4.78, 5) is 7.10. The molecule has 9 rings (SSSR count). The molecule has 0 amide bonds. The summed E-state index contributed by atoms with van der Waals surface area (Å²) in [6, 6.07) is 61.9. The van der Waals surface area contributed by atoms with E-state index in [9.17, 15) is 0 Å². The van der Waals surface area contributed by atoms with E-state index < -0.39 is 0 Å². The molecular weight excluding hydrogens is 585 g/mol. The van der Waals surface area contributed by atoms with Crippen LogP contribution in [-0.2, 0) is 0 Å². The first-order chi connectivity index (χ1) is 23.8. The molecule has 1 aromatic heterocycles. The highest BCUT2D eigenvalue weighted by atomic mass is 16.5. The first kappa shape index (κ1) is 27.8. The van der Waals surface area contributed by atoms with Crippen molar-refractivity contribution in [1.29, 1.82) is 0 Å². The maximum absolute atomic E-state index is 6.64. The fourth-order valence-corrected chi connectivity index (χ4v) is 6.75. The van der Waals surface area contributed by atoms with Crippen LogP contribution >= 0.6 is 0 Å². The Bertz CT molecular complexity index is 2370. The summed E-state index contributed by atoms with van der Waals surface area (Å²) in [5.41, 5.74) is 12.0. The third-order valence-electron chi connectivity index (χ3n) is 9.06. The Balaban J connectivity index is 1.18. The van der Waals surface area contributed by atoms with E-state index >= 15 is 0 Å². The molecule has 7 aromatic carbocycles. The van der Waals surface area contributed by atoms with Gasteiger partial charge in [-0.1, -0.05) is 121 Å². The number of aromatic nitrogens is 1. The molecule has 1 aliphatic rings. The van der Waals surface area contributed by atoms with Crippen molar-refractivity contribution in [3.63, 3.8) is 0 Å². The third-order valence-corrected chi connectivity index (χ3v) is 9.06. The highest BCUT2D eigenvalue weighted by molar-refractivity contribution is 5.95. The van der Waals surface area contributed by atoms with Crippen molar-refractivity contribution in [2.75, 3.05) is 4.90 Å². The van der Waals surface area contributed by atoms with Crippen LogP contribution in [0.4, 0.5) is 17.1 Å². The minimum atomic E-state index is 0.811. The average Bonchev–Trinajstić information content (AvgIpc) is 3.17. The number of pyridine rings is 1. The topological polar surface area (TPSA) is 25.4 Å². The number of hydrogen-bond donors (Lipinski definition) is 0. The number of nitrogens with zero attached hydrogens (tertiary/aromatic N) is 2. The summed E-state index contributed by atoms with van der Waals surface area (Å²) in [6.07, 6.45) is 1.89. The monoisotopic (exact) mass is 614 g/mol. The van der Waals surface area contributed by atoms with Gasteiger partial charge in [-0.05, 0) is 93.4 Å². The number of anilines is 3. The molecular formula is C45H30N2O. The van der Waals surface area contributed by atoms with E-state index in [1.54, 1.807) is 0 Å². The average molecular weight is 615 g/mol. The standard InChI is InChI=1S/C45H30N2O/c1-3-12-31(13-4-1)37-27-38(32-14-5-2-6-15-32)29-39(28-37)47-41-20-9-10-21-43(41)48-44-30-35(22-23-42(44)47)34-17-11-18-36(26-34)45-40-19-8-7-16-33(40)24-25-46-45/h1-30H. The van der Waals surface area contributed by atoms with Crippen molar-refractivity contribution in [2.24, 2.45) is 0 Å². The van der Waals surface area contributed by atoms with Gasteiger partial charge in [-0.2, -0.15) is 0 Å². The highest BCUT2D eigenvalue weighted by Crippen LogP contribution is 2.52. The second-order valence-electron chi connectivity index (χ2n) is 12.0. The summed E-state index contributed by atoms with van der Waals surface area (Å²) in [7, 11) is 0. The SMILES string of the molecule is c1ccc(-c2cc(-c3ccccc3)cc(N3c4ccccc4Oc4cc(-c5cccc(-c6nccc7ccccc67)c5)ccc43)c2)cc1. The summed E-state index contributed by atoms with van der Waals surface area (Å²) < 4.78 is 6.64. The molecule has 1 aliphatic heterocycles. The zero-order chi connectivity index (χ0) is 31.9. The molecule has 0 atom stereocenters. The Hall–Kier alpha value is -6.45. The van der Waals surface area contributed by atoms with E-state index in [1.165, 1.54) is 16.5 Å². The number of fused-ring (bicyclic) bond motifs is 3. The molecule has 48 heavy (non-hydrogen) atoms. The van der Waals surface area contributed by atoms with Crippen molar-refractivity contribution >= 4 is 27.8 Å². The molecule has 2 heterocycles. The van der Waals surface area contributed by atoms with Crippen LogP contribution in [-0.4, -0.2) is 4.98 Å². The summed E-state index contributed by atoms with van der Waals surface area (Å²) >= 11 is 0. The highest BCUT2D eigenvalue weighted by Gasteiger charge is 2.27. The number of rotatable bonds is 5. The van der Waals surface area contributed by atoms with Gasteiger partial charge in [0.2, 0.25) is 0 Å². The minimum absolute atomic E-state index is 0.811. The molecule has 8 aromatic rings. The van der Waals surface area contributed by atoms with Gasteiger partial charge in [-0.25, -0.2) is 0 Å². The van der Waals surface area contributed by atoms with Crippen molar-refractivity contribution < 1.29 is 4.74 Å². The van der Waals surface area contributed by atoms with Crippen LogP contribution in [0.1, 0.15) is 0 Å². The van der Waals surface area contributed by atoms with Gasteiger partial charge in [0.15, 0.2) is 11.5 Å². The first-order valence-electron chi connectivity index (χ1n) is 16.2. The van der Waals surface area contributed by atoms with E-state index in [0.717, 1.165) is 67.5 Å². The molecule has 0 unspecified atom stereocenters. The first-order valence-corrected chi connectivity index (χ1v) is 16.2. The fourth-order valence-electron chi connectivity index (χ4n) is 6.75. The molecule has 3 nitrogen and oxygen atoms in total. The predicted octanol–water partition coefficient (Wildman–Crippen LogP) is 12.5. The lowest BCUT2D eigenvalue weighted by Gasteiger charge is -2.33. The van der Waals surface area contributed by atoms with E-state index in [2.05, 4.69) is 169 Å². The third kappa shape index (κ3) is 4.99. The van der Waals surface area contributed by atoms with Gasteiger partial charge in [0.05, 0.1) is 17.1 Å². The van der Waals surface area contributed by atoms with E-state index in [4.69, 9.17) is 9.72 Å². The molecule has 0 N–H and O–H groups in total. The van der Waals surface area contributed by atoms with Crippen LogP contribution in [0.25, 0.3) is 55.4 Å². The molecule has 0 bridgehead atoms. The van der Waals surface area contributed by atoms with Crippen molar-refractivity contribution in [1.82, 2.24) is 4.98 Å². The molecule has 0 spiro atoms. The lowest BCUT2D eigenvalue weighted by atomic mass is 9.96. The second kappa shape index (κ2) is 11.7. The van der Waals surface area contributed by atoms with Crippen molar-refractivity contribution in [3.05, 3.63) is 182 Å². The molecule has 0 saturated carbocycles. The number of hydrogen-bond acceptors (Lipinski definition) is 3. The number of para-hydroxylation sites is 2. The largest absolute Gasteiger partial charge is 0.453 e. The number of ether oxygens (including phenoxy) is 1. The molecule has 0 radical (unpaired) electrons. The van der Waals surface area contributed by atoms with Crippen LogP contribution in [0.3, 0.4) is 0 Å². The predicted molar refractivity (Wildman–Crippen MR) is 198 cm³/mol. The Kier molecular flexibility index (Phi) is 6.80. The summed E-state index contributed by atoms with van der Waals surface area (Å²) in [6.45, 7) is 0. The quantitative estimate of drug-likeness (QED) is 0.193. The van der Waals surface area contributed by atoms with Gasteiger partial charge >= 0.3 is 0 Å². The molecule has 3 heteroatoms. The van der Waals surface area contributed by atoms with Crippen LogP contribution in [0.5, 0.6) is 11.5 Å². The second-order valence-corrected chi connectivity index (χ2v) is 12.0. The van der Waals surface area contributed by atoms with Gasteiger partial charge in [-0.15, -0.1) is 0 Å². The van der Waals surface area contributed by atoms with Gasteiger partial charge < -0.3 is 9.64 Å². The fraction of sp³-hybridized carbons (Fsp3) is 0.